The van der Waals surface area contributed by atoms with Crippen LogP contribution in [0.15, 0.2) is 29.7 Å². The lowest BCUT2D eigenvalue weighted by atomic mass is 10.2. The predicted molar refractivity (Wildman–Crippen MR) is 78.6 cm³/mol. The average Bonchev–Trinajstić information content (AvgIpc) is 2.84. The molecule has 2 aromatic rings. The Morgan fingerprint density at radius 1 is 1.37 bits per heavy atom. The van der Waals surface area contributed by atoms with Gasteiger partial charge >= 0.3 is 5.97 Å². The van der Waals surface area contributed by atoms with Crippen molar-refractivity contribution in [3.63, 3.8) is 0 Å². The lowest BCUT2D eigenvalue weighted by Gasteiger charge is -2.02. The number of nitrogens with zero attached hydrogens (tertiary/aromatic N) is 1. The van der Waals surface area contributed by atoms with E-state index in [4.69, 9.17) is 23.2 Å². The Morgan fingerprint density at radius 3 is 2.68 bits per heavy atom. The van der Waals surface area contributed by atoms with Crippen LogP contribution in [0, 0.1) is 0 Å². The molecule has 0 radical (unpaired) electrons. The van der Waals surface area contributed by atoms with Gasteiger partial charge in [0.1, 0.15) is 5.01 Å². The summed E-state index contributed by atoms with van der Waals surface area (Å²) in [5, 5.41) is 3.62. The zero-order valence-electron chi connectivity index (χ0n) is 9.89. The van der Waals surface area contributed by atoms with Crippen LogP contribution in [-0.4, -0.2) is 18.1 Å². The molecule has 2 rings (SSSR count). The summed E-state index contributed by atoms with van der Waals surface area (Å²) in [6.07, 6.45) is 2.89. The van der Waals surface area contributed by atoms with E-state index in [0.717, 1.165) is 0 Å². The summed E-state index contributed by atoms with van der Waals surface area (Å²) in [6.45, 7) is 0. The summed E-state index contributed by atoms with van der Waals surface area (Å²) in [5.41, 5.74) is 1.36. The molecular formula is C13H9Cl2NO2S. The molecule has 3 nitrogen and oxygen atoms in total. The number of ether oxygens (including phenoxy) is 1. The van der Waals surface area contributed by atoms with Crippen molar-refractivity contribution in [1.29, 1.82) is 0 Å². The number of rotatable bonds is 3. The van der Waals surface area contributed by atoms with Crippen LogP contribution in [0.3, 0.4) is 0 Å². The highest BCUT2D eigenvalue weighted by molar-refractivity contribution is 7.13. The topological polar surface area (TPSA) is 39.2 Å². The third-order valence-electron chi connectivity index (χ3n) is 2.29. The molecule has 0 unspecified atom stereocenters. The first-order valence-electron chi connectivity index (χ1n) is 5.27. The van der Waals surface area contributed by atoms with Gasteiger partial charge in [-0.1, -0.05) is 29.3 Å². The van der Waals surface area contributed by atoms with Crippen LogP contribution in [0.25, 0.3) is 16.6 Å². The zero-order chi connectivity index (χ0) is 13.8. The first kappa shape index (κ1) is 14.1. The van der Waals surface area contributed by atoms with Gasteiger partial charge in [0.15, 0.2) is 0 Å². The fourth-order valence-electron chi connectivity index (χ4n) is 1.40. The van der Waals surface area contributed by atoms with Crippen LogP contribution in [0.1, 0.15) is 5.69 Å². The molecule has 6 heteroatoms. The lowest BCUT2D eigenvalue weighted by Crippen LogP contribution is -1.93. The predicted octanol–water partition coefficient (Wildman–Crippen LogP) is 4.30. The third-order valence-corrected chi connectivity index (χ3v) is 3.80. The van der Waals surface area contributed by atoms with Crippen molar-refractivity contribution in [3.8, 4) is 10.6 Å². The first-order valence-corrected chi connectivity index (χ1v) is 6.91. The van der Waals surface area contributed by atoms with Gasteiger partial charge in [0, 0.05) is 17.0 Å². The number of methoxy groups -OCH3 is 1. The van der Waals surface area contributed by atoms with Crippen molar-refractivity contribution in [2.24, 2.45) is 0 Å². The Hall–Kier alpha value is -1.36. The summed E-state index contributed by atoms with van der Waals surface area (Å²) < 4.78 is 4.51. The molecular weight excluding hydrogens is 305 g/mol. The minimum Gasteiger partial charge on any atom is -0.466 e. The van der Waals surface area contributed by atoms with Crippen LogP contribution in [0.4, 0.5) is 0 Å². The van der Waals surface area contributed by atoms with Crippen LogP contribution in [0.5, 0.6) is 0 Å². The molecule has 0 aliphatic rings. The monoisotopic (exact) mass is 313 g/mol. The first-order chi connectivity index (χ1) is 9.11. The number of esters is 1. The Kier molecular flexibility index (Phi) is 4.58. The third kappa shape index (κ3) is 3.35. The number of thiazole rings is 1. The number of aromatic nitrogens is 1. The summed E-state index contributed by atoms with van der Waals surface area (Å²) in [6, 6.07) is 5.29. The van der Waals surface area contributed by atoms with E-state index in [2.05, 4.69) is 9.72 Å². The molecule has 0 amide bonds. The van der Waals surface area contributed by atoms with Gasteiger partial charge in [-0.05, 0) is 18.2 Å². The second-order valence-electron chi connectivity index (χ2n) is 3.53. The maximum atomic E-state index is 11.0. The Labute approximate surface area is 124 Å². The quantitative estimate of drug-likeness (QED) is 0.626. The van der Waals surface area contributed by atoms with Gasteiger partial charge in [-0.2, -0.15) is 0 Å². The van der Waals surface area contributed by atoms with Crippen LogP contribution < -0.4 is 0 Å². The van der Waals surface area contributed by atoms with Crippen molar-refractivity contribution < 1.29 is 9.53 Å². The number of carbonyl (C=O) groups excluding carboxylic acids is 1. The Balaban J connectivity index is 2.31. The fourth-order valence-corrected chi connectivity index (χ4v) is 2.95. The van der Waals surface area contributed by atoms with Crippen LogP contribution >= 0.6 is 34.5 Å². The summed E-state index contributed by atoms with van der Waals surface area (Å²) in [5.74, 6) is -0.426. The minimum atomic E-state index is -0.426. The summed E-state index contributed by atoms with van der Waals surface area (Å²) in [7, 11) is 1.32. The number of halogens is 2. The number of benzene rings is 1. The Bertz CT molecular complexity index is 617. The molecule has 1 heterocycles. The molecule has 1 aromatic heterocycles. The van der Waals surface area contributed by atoms with Gasteiger partial charge in [-0.15, -0.1) is 11.3 Å². The van der Waals surface area contributed by atoms with E-state index in [-0.39, 0.29) is 0 Å². The van der Waals surface area contributed by atoms with Gasteiger partial charge in [-0.25, -0.2) is 9.78 Å². The van der Waals surface area contributed by atoms with E-state index in [1.54, 1.807) is 24.3 Å². The SMILES string of the molecule is COC(=O)/C=C/c1csc(-c2c(Cl)cccc2Cl)n1. The smallest absolute Gasteiger partial charge is 0.330 e. The van der Waals surface area contributed by atoms with Gasteiger partial charge in [0.2, 0.25) is 0 Å². The summed E-state index contributed by atoms with van der Waals surface area (Å²) >= 11 is 13.6. The van der Waals surface area contributed by atoms with Crippen LogP contribution in [0.2, 0.25) is 10.0 Å². The van der Waals surface area contributed by atoms with Gasteiger partial charge in [0.05, 0.1) is 22.8 Å². The molecule has 0 bridgehead atoms. The number of hydrogen-bond donors (Lipinski definition) is 0. The van der Waals surface area contributed by atoms with Crippen LogP contribution in [-0.2, 0) is 9.53 Å². The molecule has 98 valence electrons. The Morgan fingerprint density at radius 2 is 2.05 bits per heavy atom. The molecule has 1 aromatic carbocycles. The van der Waals surface area contributed by atoms with Gasteiger partial charge in [-0.3, -0.25) is 0 Å². The van der Waals surface area contributed by atoms with Gasteiger partial charge < -0.3 is 4.74 Å². The minimum absolute atomic E-state index is 0.426. The van der Waals surface area contributed by atoms with Crippen molar-refractivity contribution >= 4 is 46.6 Å². The summed E-state index contributed by atoms with van der Waals surface area (Å²) in [4.78, 5) is 15.4. The number of hydrogen-bond acceptors (Lipinski definition) is 4. The maximum absolute atomic E-state index is 11.0. The molecule has 19 heavy (non-hydrogen) atoms. The lowest BCUT2D eigenvalue weighted by molar-refractivity contribution is -0.134. The van der Waals surface area contributed by atoms with Crippen molar-refractivity contribution in [2.75, 3.05) is 7.11 Å². The average molecular weight is 314 g/mol. The highest BCUT2D eigenvalue weighted by Crippen LogP contribution is 2.36. The second-order valence-corrected chi connectivity index (χ2v) is 5.20. The van der Waals surface area contributed by atoms with E-state index in [9.17, 15) is 4.79 Å². The largest absolute Gasteiger partial charge is 0.466 e. The zero-order valence-corrected chi connectivity index (χ0v) is 12.2. The molecule has 0 saturated heterocycles. The molecule has 0 aliphatic carbocycles. The molecule has 0 N–H and O–H groups in total. The van der Waals surface area contributed by atoms with E-state index >= 15 is 0 Å². The standard InChI is InChI=1S/C13H9Cl2NO2S/c1-18-11(17)6-5-8-7-19-13(16-8)12-9(14)3-2-4-10(12)15/h2-7H,1H3/b6-5+. The van der Waals surface area contributed by atoms with E-state index in [1.165, 1.54) is 24.5 Å². The van der Waals surface area contributed by atoms with Crippen molar-refractivity contribution in [3.05, 3.63) is 45.4 Å². The fraction of sp³-hybridized carbons (Fsp3) is 0.0769. The maximum Gasteiger partial charge on any atom is 0.330 e. The van der Waals surface area contributed by atoms with Crippen molar-refractivity contribution in [2.45, 2.75) is 0 Å². The number of carbonyl (C=O) groups is 1. The van der Waals surface area contributed by atoms with Gasteiger partial charge in [0.25, 0.3) is 0 Å². The molecule has 0 fully saturated rings. The second kappa shape index (κ2) is 6.19. The molecule has 0 atom stereocenters. The molecule has 0 saturated carbocycles. The molecule has 0 spiro atoms. The van der Waals surface area contributed by atoms with Crippen molar-refractivity contribution in [1.82, 2.24) is 4.98 Å². The van der Waals surface area contributed by atoms with E-state index < -0.39 is 5.97 Å². The normalized spacial score (nSPS) is 10.9. The highest BCUT2D eigenvalue weighted by Gasteiger charge is 2.11. The highest BCUT2D eigenvalue weighted by atomic mass is 35.5. The molecule has 0 aliphatic heterocycles. The van der Waals surface area contributed by atoms with E-state index in [1.807, 2.05) is 5.38 Å². The van der Waals surface area contributed by atoms with E-state index in [0.29, 0.717) is 26.3 Å².